The van der Waals surface area contributed by atoms with Crippen molar-refractivity contribution >= 4 is 11.6 Å². The van der Waals surface area contributed by atoms with Crippen LogP contribution in [0.25, 0.3) is 0 Å². The Hall–Kier alpha value is -1.62. The first-order valence-corrected chi connectivity index (χ1v) is 6.66. The van der Waals surface area contributed by atoms with Crippen LogP contribution in [0.3, 0.4) is 0 Å². The smallest absolute Gasteiger partial charge is 0.179 e. The van der Waals surface area contributed by atoms with E-state index in [4.69, 9.17) is 0 Å². The van der Waals surface area contributed by atoms with Crippen LogP contribution in [0.1, 0.15) is 30.6 Å². The van der Waals surface area contributed by atoms with Crippen molar-refractivity contribution in [3.63, 3.8) is 0 Å². The van der Waals surface area contributed by atoms with E-state index in [2.05, 4.69) is 0 Å². The number of ketones is 2. The second kappa shape index (κ2) is 5.79. The lowest BCUT2D eigenvalue weighted by molar-refractivity contribution is -0.125. The fourth-order valence-corrected chi connectivity index (χ4v) is 2.45. The molecule has 1 aromatic carbocycles. The number of nitrogens with zero attached hydrogens (tertiary/aromatic N) is 1. The quantitative estimate of drug-likeness (QED) is 0.799. The number of benzene rings is 1. The highest BCUT2D eigenvalue weighted by Gasteiger charge is 2.30. The lowest BCUT2D eigenvalue weighted by Crippen LogP contribution is -2.47. The van der Waals surface area contributed by atoms with Crippen molar-refractivity contribution in [1.29, 1.82) is 0 Å². The van der Waals surface area contributed by atoms with Gasteiger partial charge in [0.05, 0.1) is 6.04 Å². The third kappa shape index (κ3) is 2.93. The predicted molar refractivity (Wildman–Crippen MR) is 70.5 cm³/mol. The standard InChI is InChI=1S/C15H17F2NO2/c1-9-8-18(6-5-14(9)19)10(2)15(20)11-3-4-12(16)13(17)7-11/h3-4,7,9-10H,5-6,8H2,1-2H3. The highest BCUT2D eigenvalue weighted by Crippen LogP contribution is 2.18. The highest BCUT2D eigenvalue weighted by atomic mass is 19.2. The monoisotopic (exact) mass is 281 g/mol. The number of hydrogen-bond donors (Lipinski definition) is 0. The van der Waals surface area contributed by atoms with E-state index in [1.54, 1.807) is 6.92 Å². The van der Waals surface area contributed by atoms with Crippen molar-refractivity contribution in [2.24, 2.45) is 5.92 Å². The van der Waals surface area contributed by atoms with Gasteiger partial charge < -0.3 is 0 Å². The van der Waals surface area contributed by atoms with Crippen molar-refractivity contribution in [3.05, 3.63) is 35.4 Å². The Labute approximate surface area is 116 Å². The number of Topliss-reactive ketones (excluding diaryl/α,β-unsaturated/α-hetero) is 2. The van der Waals surface area contributed by atoms with E-state index in [1.807, 2.05) is 11.8 Å². The first kappa shape index (κ1) is 14.8. The van der Waals surface area contributed by atoms with Crippen LogP contribution in [0.2, 0.25) is 0 Å². The predicted octanol–water partition coefficient (Wildman–Crippen LogP) is 2.45. The summed E-state index contributed by atoms with van der Waals surface area (Å²) in [5, 5.41) is 0. The molecule has 0 aromatic heterocycles. The number of halogens is 2. The number of rotatable bonds is 3. The molecule has 1 fully saturated rings. The minimum absolute atomic E-state index is 0.0936. The number of carbonyl (C=O) groups is 2. The normalized spacial score (nSPS) is 21.8. The molecule has 20 heavy (non-hydrogen) atoms. The summed E-state index contributed by atoms with van der Waals surface area (Å²) in [5.74, 6) is -2.14. The van der Waals surface area contributed by atoms with Gasteiger partial charge in [-0.3, -0.25) is 14.5 Å². The van der Waals surface area contributed by atoms with Crippen LogP contribution in [0.5, 0.6) is 0 Å². The van der Waals surface area contributed by atoms with Crippen LogP contribution in [-0.2, 0) is 4.79 Å². The van der Waals surface area contributed by atoms with Gasteiger partial charge in [-0.15, -0.1) is 0 Å². The van der Waals surface area contributed by atoms with Crippen LogP contribution >= 0.6 is 0 Å². The molecule has 2 unspecified atom stereocenters. The van der Waals surface area contributed by atoms with Crippen LogP contribution in [0, 0.1) is 17.6 Å². The maximum absolute atomic E-state index is 13.2. The summed E-state index contributed by atoms with van der Waals surface area (Å²) in [6.07, 6.45) is 0.427. The lowest BCUT2D eigenvalue weighted by atomic mass is 9.95. The maximum Gasteiger partial charge on any atom is 0.179 e. The molecule has 0 N–H and O–H groups in total. The van der Waals surface area contributed by atoms with Gasteiger partial charge in [-0.05, 0) is 25.1 Å². The molecule has 0 spiro atoms. The summed E-state index contributed by atoms with van der Waals surface area (Å²) in [4.78, 5) is 25.7. The van der Waals surface area contributed by atoms with Crippen molar-refractivity contribution in [3.8, 4) is 0 Å². The molecule has 0 amide bonds. The lowest BCUT2D eigenvalue weighted by Gasteiger charge is -2.34. The van der Waals surface area contributed by atoms with Gasteiger partial charge in [-0.1, -0.05) is 6.92 Å². The maximum atomic E-state index is 13.2. The van der Waals surface area contributed by atoms with E-state index in [-0.39, 0.29) is 23.0 Å². The Kier molecular flexibility index (Phi) is 4.28. The first-order valence-electron chi connectivity index (χ1n) is 6.66. The average molecular weight is 281 g/mol. The van der Waals surface area contributed by atoms with Crippen molar-refractivity contribution in [2.45, 2.75) is 26.3 Å². The minimum Gasteiger partial charge on any atom is -0.299 e. The second-order valence-electron chi connectivity index (χ2n) is 5.28. The number of carbonyl (C=O) groups excluding carboxylic acids is 2. The Balaban J connectivity index is 2.12. The van der Waals surface area contributed by atoms with Gasteiger partial charge in [0, 0.05) is 31.0 Å². The minimum atomic E-state index is -1.02. The molecule has 0 aliphatic carbocycles. The van der Waals surface area contributed by atoms with Crippen LogP contribution in [0.15, 0.2) is 18.2 Å². The molecule has 0 radical (unpaired) electrons. The topological polar surface area (TPSA) is 37.4 Å². The molecule has 1 heterocycles. The number of hydrogen-bond acceptors (Lipinski definition) is 3. The first-order chi connectivity index (χ1) is 9.40. The summed E-state index contributed by atoms with van der Waals surface area (Å²) in [5.41, 5.74) is 0.154. The van der Waals surface area contributed by atoms with Crippen molar-refractivity contribution < 1.29 is 18.4 Å². The molecule has 1 aliphatic rings. The summed E-state index contributed by atoms with van der Waals surface area (Å²) < 4.78 is 26.1. The third-order valence-electron chi connectivity index (χ3n) is 3.83. The SMILES string of the molecule is CC1CN(C(C)C(=O)c2ccc(F)c(F)c2)CCC1=O. The Morgan fingerprint density at radius 1 is 1.35 bits per heavy atom. The molecule has 1 aromatic rings. The van der Waals surface area contributed by atoms with Gasteiger partial charge in [0.2, 0.25) is 0 Å². The second-order valence-corrected chi connectivity index (χ2v) is 5.28. The van der Waals surface area contributed by atoms with Crippen molar-refractivity contribution in [2.75, 3.05) is 13.1 Å². The highest BCUT2D eigenvalue weighted by molar-refractivity contribution is 6.00. The van der Waals surface area contributed by atoms with E-state index in [0.717, 1.165) is 12.1 Å². The average Bonchev–Trinajstić information content (AvgIpc) is 2.43. The Bertz CT molecular complexity index is 545. The summed E-state index contributed by atoms with van der Waals surface area (Å²) in [6.45, 7) is 4.62. The number of likely N-dealkylation sites (tertiary alicyclic amines) is 1. The zero-order chi connectivity index (χ0) is 14.9. The van der Waals surface area contributed by atoms with Gasteiger partial charge in [0.15, 0.2) is 17.4 Å². The molecule has 0 bridgehead atoms. The zero-order valence-electron chi connectivity index (χ0n) is 11.5. The fourth-order valence-electron chi connectivity index (χ4n) is 2.45. The van der Waals surface area contributed by atoms with Crippen LogP contribution < -0.4 is 0 Å². The molecule has 1 aliphatic heterocycles. The fraction of sp³-hybridized carbons (Fsp3) is 0.467. The zero-order valence-corrected chi connectivity index (χ0v) is 11.5. The largest absolute Gasteiger partial charge is 0.299 e. The van der Waals surface area contributed by atoms with E-state index in [9.17, 15) is 18.4 Å². The van der Waals surface area contributed by atoms with E-state index < -0.39 is 17.7 Å². The van der Waals surface area contributed by atoms with E-state index >= 15 is 0 Å². The molecular weight excluding hydrogens is 264 g/mol. The third-order valence-corrected chi connectivity index (χ3v) is 3.83. The summed E-state index contributed by atoms with van der Waals surface area (Å²) in [6, 6.07) is 2.72. The molecule has 1 saturated heterocycles. The number of piperidine rings is 1. The summed E-state index contributed by atoms with van der Waals surface area (Å²) >= 11 is 0. The van der Waals surface area contributed by atoms with Gasteiger partial charge >= 0.3 is 0 Å². The van der Waals surface area contributed by atoms with Gasteiger partial charge in [-0.25, -0.2) is 8.78 Å². The van der Waals surface area contributed by atoms with E-state index in [1.165, 1.54) is 6.07 Å². The van der Waals surface area contributed by atoms with Crippen LogP contribution in [-0.4, -0.2) is 35.6 Å². The summed E-state index contributed by atoms with van der Waals surface area (Å²) in [7, 11) is 0. The van der Waals surface area contributed by atoms with Gasteiger partial charge in [0.25, 0.3) is 0 Å². The molecule has 2 atom stereocenters. The van der Waals surface area contributed by atoms with E-state index in [0.29, 0.717) is 19.5 Å². The Morgan fingerprint density at radius 2 is 2.05 bits per heavy atom. The molecule has 108 valence electrons. The molecule has 5 heteroatoms. The molecule has 3 nitrogen and oxygen atoms in total. The molecular formula is C15H17F2NO2. The molecule has 0 saturated carbocycles. The van der Waals surface area contributed by atoms with Gasteiger partial charge in [-0.2, -0.15) is 0 Å². The van der Waals surface area contributed by atoms with Crippen molar-refractivity contribution in [1.82, 2.24) is 4.90 Å². The van der Waals surface area contributed by atoms with Gasteiger partial charge in [0.1, 0.15) is 5.78 Å². The Morgan fingerprint density at radius 3 is 2.65 bits per heavy atom. The van der Waals surface area contributed by atoms with Crippen LogP contribution in [0.4, 0.5) is 8.78 Å². The molecule has 2 rings (SSSR count).